The largest absolute Gasteiger partial charge is 0.313 e. The van der Waals surface area contributed by atoms with Gasteiger partial charge in [-0.1, -0.05) is 6.07 Å². The van der Waals surface area contributed by atoms with Gasteiger partial charge < -0.3 is 5.32 Å². The predicted molar refractivity (Wildman–Crippen MR) is 80.0 cm³/mol. The molecule has 1 heterocycles. The number of halogens is 1. The number of carbonyl (C=O) groups excluding carboxylic acids is 3. The van der Waals surface area contributed by atoms with E-state index in [0.29, 0.717) is 5.00 Å². The van der Waals surface area contributed by atoms with Gasteiger partial charge in [-0.2, -0.15) is 0 Å². The summed E-state index contributed by atoms with van der Waals surface area (Å²) >= 11 is 1.14. The van der Waals surface area contributed by atoms with Gasteiger partial charge in [-0.15, -0.1) is 11.3 Å². The average molecular weight is 321 g/mol. The first-order valence-electron chi connectivity index (χ1n) is 6.18. The highest BCUT2D eigenvalue weighted by molar-refractivity contribution is 7.14. The third-order valence-electron chi connectivity index (χ3n) is 2.58. The molecule has 22 heavy (non-hydrogen) atoms. The van der Waals surface area contributed by atoms with Crippen molar-refractivity contribution < 1.29 is 18.8 Å². The van der Waals surface area contributed by atoms with Crippen molar-refractivity contribution in [2.24, 2.45) is 0 Å². The van der Waals surface area contributed by atoms with Crippen LogP contribution in [-0.4, -0.2) is 17.7 Å². The van der Waals surface area contributed by atoms with E-state index >= 15 is 0 Å². The van der Waals surface area contributed by atoms with E-state index in [9.17, 15) is 18.8 Å². The van der Waals surface area contributed by atoms with Gasteiger partial charge in [0.25, 0.3) is 11.8 Å². The van der Waals surface area contributed by atoms with Gasteiger partial charge in [-0.3, -0.25) is 25.2 Å². The summed E-state index contributed by atoms with van der Waals surface area (Å²) < 4.78 is 13.1. The summed E-state index contributed by atoms with van der Waals surface area (Å²) in [7, 11) is 0. The van der Waals surface area contributed by atoms with Crippen LogP contribution in [-0.2, 0) is 4.79 Å². The molecule has 0 radical (unpaired) electrons. The molecule has 2 rings (SSSR count). The number of carbonyl (C=O) groups is 3. The molecule has 2 aromatic rings. The predicted octanol–water partition coefficient (Wildman–Crippen LogP) is 1.92. The summed E-state index contributed by atoms with van der Waals surface area (Å²) in [6.45, 7) is 1.25. The van der Waals surface area contributed by atoms with Crippen molar-refractivity contribution in [3.8, 4) is 0 Å². The minimum Gasteiger partial charge on any atom is -0.313 e. The van der Waals surface area contributed by atoms with Crippen LogP contribution in [0.5, 0.6) is 0 Å². The van der Waals surface area contributed by atoms with Crippen LogP contribution >= 0.6 is 11.3 Å². The molecule has 0 atom stereocenters. The number of anilines is 1. The van der Waals surface area contributed by atoms with E-state index < -0.39 is 23.5 Å². The molecule has 0 fully saturated rings. The van der Waals surface area contributed by atoms with E-state index in [1.54, 1.807) is 5.38 Å². The van der Waals surface area contributed by atoms with Crippen LogP contribution in [0.15, 0.2) is 35.7 Å². The van der Waals surface area contributed by atoms with E-state index in [4.69, 9.17) is 0 Å². The number of rotatable bonds is 3. The Balaban J connectivity index is 2.11. The molecule has 3 amide bonds. The summed E-state index contributed by atoms with van der Waals surface area (Å²) in [6.07, 6.45) is 0. The van der Waals surface area contributed by atoms with Gasteiger partial charge in [0.2, 0.25) is 5.91 Å². The Hall–Kier alpha value is -2.74. The zero-order chi connectivity index (χ0) is 16.1. The fraction of sp³-hybridized carbons (Fsp3) is 0.0714. The number of benzene rings is 1. The third-order valence-corrected chi connectivity index (χ3v) is 3.41. The number of thiophene rings is 1. The second-order valence-electron chi connectivity index (χ2n) is 4.26. The van der Waals surface area contributed by atoms with Gasteiger partial charge in [0, 0.05) is 12.5 Å². The van der Waals surface area contributed by atoms with Gasteiger partial charge in [-0.05, 0) is 29.6 Å². The van der Waals surface area contributed by atoms with E-state index in [-0.39, 0.29) is 11.1 Å². The monoisotopic (exact) mass is 321 g/mol. The molecule has 3 N–H and O–H groups in total. The van der Waals surface area contributed by atoms with Crippen LogP contribution < -0.4 is 16.2 Å². The molecule has 0 spiro atoms. The Bertz CT molecular complexity index is 730. The first-order chi connectivity index (χ1) is 10.5. The molecule has 0 saturated heterocycles. The molecule has 0 saturated carbocycles. The van der Waals surface area contributed by atoms with Gasteiger partial charge >= 0.3 is 0 Å². The van der Waals surface area contributed by atoms with Crippen molar-refractivity contribution >= 4 is 34.1 Å². The second kappa shape index (κ2) is 6.81. The van der Waals surface area contributed by atoms with Crippen LogP contribution in [0.3, 0.4) is 0 Å². The van der Waals surface area contributed by atoms with Crippen LogP contribution in [0.2, 0.25) is 0 Å². The molecule has 8 heteroatoms. The van der Waals surface area contributed by atoms with E-state index in [1.807, 2.05) is 0 Å². The topological polar surface area (TPSA) is 87.3 Å². The van der Waals surface area contributed by atoms with Crippen LogP contribution in [0.1, 0.15) is 27.6 Å². The van der Waals surface area contributed by atoms with Gasteiger partial charge in [0.05, 0.1) is 5.56 Å². The Morgan fingerprint density at radius 1 is 1.09 bits per heavy atom. The number of hydrogen-bond acceptors (Lipinski definition) is 4. The second-order valence-corrected chi connectivity index (χ2v) is 5.18. The molecule has 6 nitrogen and oxygen atoms in total. The third kappa shape index (κ3) is 3.89. The van der Waals surface area contributed by atoms with Crippen molar-refractivity contribution in [1.82, 2.24) is 10.9 Å². The van der Waals surface area contributed by atoms with Crippen molar-refractivity contribution in [3.63, 3.8) is 0 Å². The number of amides is 3. The first-order valence-corrected chi connectivity index (χ1v) is 7.06. The highest BCUT2D eigenvalue weighted by Crippen LogP contribution is 2.23. The first kappa shape index (κ1) is 15.6. The molecule has 114 valence electrons. The van der Waals surface area contributed by atoms with Gasteiger partial charge in [0.1, 0.15) is 10.8 Å². The summed E-state index contributed by atoms with van der Waals surface area (Å²) in [4.78, 5) is 34.7. The smallest absolute Gasteiger partial charge is 0.272 e. The minimum absolute atomic E-state index is 0.140. The minimum atomic E-state index is -0.564. The zero-order valence-corrected chi connectivity index (χ0v) is 12.3. The summed E-state index contributed by atoms with van der Waals surface area (Å²) in [5.41, 5.74) is 4.70. The lowest BCUT2D eigenvalue weighted by Gasteiger charge is -2.07. The highest BCUT2D eigenvalue weighted by Gasteiger charge is 2.16. The Morgan fingerprint density at radius 2 is 1.86 bits per heavy atom. The normalized spacial score (nSPS) is 9.91. The van der Waals surface area contributed by atoms with Crippen molar-refractivity contribution in [2.75, 3.05) is 5.32 Å². The maximum atomic E-state index is 13.1. The zero-order valence-electron chi connectivity index (χ0n) is 11.5. The van der Waals surface area contributed by atoms with E-state index in [1.165, 1.54) is 31.2 Å². The van der Waals surface area contributed by atoms with Crippen molar-refractivity contribution in [2.45, 2.75) is 6.92 Å². The summed E-state index contributed by atoms with van der Waals surface area (Å²) in [5.74, 6) is -2.04. The molecule has 0 unspecified atom stereocenters. The van der Waals surface area contributed by atoms with E-state index in [0.717, 1.165) is 17.4 Å². The van der Waals surface area contributed by atoms with Crippen LogP contribution in [0.25, 0.3) is 0 Å². The molecule has 0 aliphatic rings. The lowest BCUT2D eigenvalue weighted by Crippen LogP contribution is -2.40. The molecule has 0 aliphatic carbocycles. The lowest BCUT2D eigenvalue weighted by atomic mass is 10.2. The number of nitrogens with one attached hydrogen (secondary N) is 3. The highest BCUT2D eigenvalue weighted by atomic mass is 32.1. The number of hydrazine groups is 1. The van der Waals surface area contributed by atoms with Crippen molar-refractivity contribution in [1.29, 1.82) is 0 Å². The summed E-state index contributed by atoms with van der Waals surface area (Å²) in [5, 5.41) is 4.46. The van der Waals surface area contributed by atoms with Gasteiger partial charge in [0.15, 0.2) is 0 Å². The van der Waals surface area contributed by atoms with E-state index in [2.05, 4.69) is 16.2 Å². The Kier molecular flexibility index (Phi) is 4.84. The van der Waals surface area contributed by atoms with Gasteiger partial charge in [-0.25, -0.2) is 4.39 Å². The quantitative estimate of drug-likeness (QED) is 0.755. The number of hydrogen-bond donors (Lipinski definition) is 3. The molecular weight excluding hydrogens is 309 g/mol. The average Bonchev–Trinajstić information content (AvgIpc) is 2.93. The molecular formula is C14H12FN3O3S. The molecule has 0 aliphatic heterocycles. The van der Waals surface area contributed by atoms with Crippen molar-refractivity contribution in [3.05, 3.63) is 52.7 Å². The Labute approximate surface area is 129 Å². The maximum Gasteiger partial charge on any atom is 0.272 e. The SMILES string of the molecule is CC(=O)NNC(=O)c1ccsc1NC(=O)c1cccc(F)c1. The Morgan fingerprint density at radius 3 is 2.55 bits per heavy atom. The van der Waals surface area contributed by atoms with Crippen LogP contribution in [0, 0.1) is 5.82 Å². The van der Waals surface area contributed by atoms with Crippen LogP contribution in [0.4, 0.5) is 9.39 Å². The molecule has 0 bridgehead atoms. The fourth-order valence-corrected chi connectivity index (χ4v) is 2.38. The molecule has 1 aromatic heterocycles. The summed E-state index contributed by atoms with van der Waals surface area (Å²) in [6, 6.07) is 6.71. The fourth-order valence-electron chi connectivity index (χ4n) is 1.60. The maximum absolute atomic E-state index is 13.1. The molecule has 1 aromatic carbocycles. The lowest BCUT2D eigenvalue weighted by molar-refractivity contribution is -0.119. The standard InChI is InChI=1S/C14H12FN3O3S/c1-8(19)17-18-13(21)11-5-6-22-14(11)16-12(20)9-3-2-4-10(15)7-9/h2-7H,1H3,(H,16,20)(H,17,19)(H,18,21).